The normalized spacial score (nSPS) is 20.2. The van der Waals surface area contributed by atoms with Gasteiger partial charge in [-0.05, 0) is 12.5 Å². The van der Waals surface area contributed by atoms with Crippen LogP contribution in [-0.4, -0.2) is 39.7 Å². The van der Waals surface area contributed by atoms with Crippen LogP contribution in [0.5, 0.6) is 0 Å². The van der Waals surface area contributed by atoms with Crippen LogP contribution in [0.1, 0.15) is 23.6 Å². The molecule has 1 aliphatic heterocycles. The third-order valence-electron chi connectivity index (χ3n) is 4.58. The molecule has 1 fully saturated rings. The zero-order chi connectivity index (χ0) is 19.8. The van der Waals surface area contributed by atoms with Gasteiger partial charge < -0.3 is 10.2 Å². The van der Waals surface area contributed by atoms with Crippen LogP contribution in [0.3, 0.4) is 0 Å². The highest BCUT2D eigenvalue weighted by molar-refractivity contribution is 5.97. The molecular formula is C18H19F3N4O2. The molecule has 1 aliphatic rings. The molecule has 1 saturated heterocycles. The summed E-state index contributed by atoms with van der Waals surface area (Å²) >= 11 is 0. The number of likely N-dealkylation sites (tertiary alicyclic amines) is 1. The molecule has 2 heterocycles. The maximum Gasteiger partial charge on any atom is 0.408 e. The molecule has 1 aromatic heterocycles. The lowest BCUT2D eigenvalue weighted by Gasteiger charge is -2.25. The van der Waals surface area contributed by atoms with Crippen LogP contribution in [0.2, 0.25) is 0 Å². The van der Waals surface area contributed by atoms with Crippen molar-refractivity contribution >= 4 is 17.5 Å². The van der Waals surface area contributed by atoms with Crippen LogP contribution in [0.25, 0.3) is 0 Å². The second-order valence-corrected chi connectivity index (χ2v) is 6.70. The first-order chi connectivity index (χ1) is 12.6. The van der Waals surface area contributed by atoms with Gasteiger partial charge in [-0.1, -0.05) is 29.8 Å². The summed E-state index contributed by atoms with van der Waals surface area (Å²) in [7, 11) is 1.64. The van der Waals surface area contributed by atoms with Gasteiger partial charge in [0.25, 0.3) is 0 Å². The molecule has 2 amide bonds. The predicted molar refractivity (Wildman–Crippen MR) is 91.7 cm³/mol. The van der Waals surface area contributed by atoms with Gasteiger partial charge in [-0.25, -0.2) is 0 Å². The van der Waals surface area contributed by atoms with Crippen molar-refractivity contribution in [2.24, 2.45) is 5.92 Å². The molecule has 27 heavy (non-hydrogen) atoms. The number of anilines is 1. The number of nitrogens with zero attached hydrogens (tertiary/aromatic N) is 3. The van der Waals surface area contributed by atoms with Crippen molar-refractivity contribution in [3.8, 4) is 0 Å². The summed E-state index contributed by atoms with van der Waals surface area (Å²) in [5.41, 5.74) is 2.06. The van der Waals surface area contributed by atoms with Gasteiger partial charge in [0.05, 0.1) is 23.8 Å². The maximum atomic E-state index is 12.7. The second kappa shape index (κ2) is 7.05. The van der Waals surface area contributed by atoms with Gasteiger partial charge >= 0.3 is 6.18 Å². The monoisotopic (exact) mass is 380 g/mol. The number of hydrogen-bond acceptors (Lipinski definition) is 3. The molecule has 144 valence electrons. The summed E-state index contributed by atoms with van der Waals surface area (Å²) in [6, 6.07) is 7.13. The van der Waals surface area contributed by atoms with Crippen LogP contribution in [0, 0.1) is 12.8 Å². The van der Waals surface area contributed by atoms with E-state index >= 15 is 0 Å². The highest BCUT2D eigenvalue weighted by Crippen LogP contribution is 2.37. The number of carbonyl (C=O) groups excluding carboxylic acids is 2. The molecule has 0 aliphatic carbocycles. The molecule has 2 atom stereocenters. The van der Waals surface area contributed by atoms with Gasteiger partial charge in [0.1, 0.15) is 6.54 Å². The number of hydrogen-bond donors (Lipinski definition) is 1. The maximum absolute atomic E-state index is 12.7. The van der Waals surface area contributed by atoms with E-state index in [4.69, 9.17) is 0 Å². The minimum absolute atomic E-state index is 0.0393. The van der Waals surface area contributed by atoms with E-state index in [0.29, 0.717) is 4.68 Å². The average Bonchev–Trinajstić information content (AvgIpc) is 3.12. The average molecular weight is 380 g/mol. The van der Waals surface area contributed by atoms with Gasteiger partial charge in [-0.15, -0.1) is 0 Å². The Kier molecular flexibility index (Phi) is 4.95. The molecule has 0 bridgehead atoms. The van der Waals surface area contributed by atoms with E-state index in [1.54, 1.807) is 7.05 Å². The minimum Gasteiger partial charge on any atom is -0.338 e. The second-order valence-electron chi connectivity index (χ2n) is 6.70. The summed E-state index contributed by atoms with van der Waals surface area (Å²) < 4.78 is 38.0. The fourth-order valence-electron chi connectivity index (χ4n) is 3.26. The lowest BCUT2D eigenvalue weighted by atomic mass is 9.92. The zero-order valence-electron chi connectivity index (χ0n) is 14.8. The highest BCUT2D eigenvalue weighted by Gasteiger charge is 2.42. The Hall–Kier alpha value is -2.84. The minimum atomic E-state index is -4.40. The standard InChI is InChI=1S/C18H19F3N4O2/c1-11-3-5-12(6-4-11)16-14(7-15(26)24(16)2)17(27)23-13-8-22-25(9-13)10-18(19,20)21/h3-6,8-9,14,16H,7,10H2,1-2H3,(H,23,27). The number of halogens is 3. The number of carbonyl (C=O) groups is 2. The number of rotatable bonds is 4. The molecular weight excluding hydrogens is 361 g/mol. The Bertz CT molecular complexity index is 845. The molecule has 1 aromatic carbocycles. The van der Waals surface area contributed by atoms with E-state index in [1.165, 1.54) is 4.90 Å². The quantitative estimate of drug-likeness (QED) is 0.887. The van der Waals surface area contributed by atoms with E-state index < -0.39 is 30.6 Å². The first-order valence-corrected chi connectivity index (χ1v) is 8.36. The summed E-state index contributed by atoms with van der Waals surface area (Å²) in [5, 5.41) is 6.18. The Morgan fingerprint density at radius 1 is 1.30 bits per heavy atom. The van der Waals surface area contributed by atoms with Crippen LogP contribution in [-0.2, 0) is 16.1 Å². The third kappa shape index (κ3) is 4.29. The number of nitrogens with one attached hydrogen (secondary N) is 1. The fourth-order valence-corrected chi connectivity index (χ4v) is 3.26. The van der Waals surface area contributed by atoms with E-state index in [2.05, 4.69) is 10.4 Å². The number of amides is 2. The van der Waals surface area contributed by atoms with Gasteiger partial charge in [-0.2, -0.15) is 18.3 Å². The van der Waals surface area contributed by atoms with Crippen LogP contribution < -0.4 is 5.32 Å². The SMILES string of the molecule is Cc1ccc(C2C(C(=O)Nc3cnn(CC(F)(F)F)c3)CC(=O)N2C)cc1. The van der Waals surface area contributed by atoms with Crippen molar-refractivity contribution in [3.63, 3.8) is 0 Å². The first kappa shape index (κ1) is 18.9. The largest absolute Gasteiger partial charge is 0.408 e. The smallest absolute Gasteiger partial charge is 0.338 e. The van der Waals surface area contributed by atoms with Gasteiger partial charge in [0, 0.05) is 19.7 Å². The van der Waals surface area contributed by atoms with Crippen molar-refractivity contribution in [2.45, 2.75) is 32.1 Å². The van der Waals surface area contributed by atoms with Gasteiger partial charge in [-0.3, -0.25) is 14.3 Å². The Labute approximate surface area is 154 Å². The van der Waals surface area contributed by atoms with Crippen molar-refractivity contribution in [1.29, 1.82) is 0 Å². The zero-order valence-corrected chi connectivity index (χ0v) is 14.8. The molecule has 0 spiro atoms. The van der Waals surface area contributed by atoms with Crippen molar-refractivity contribution in [2.75, 3.05) is 12.4 Å². The number of aromatic nitrogens is 2. The Morgan fingerprint density at radius 2 is 1.96 bits per heavy atom. The van der Waals surface area contributed by atoms with Crippen LogP contribution >= 0.6 is 0 Å². The molecule has 1 N–H and O–H groups in total. The molecule has 2 aromatic rings. The van der Waals surface area contributed by atoms with Crippen molar-refractivity contribution in [3.05, 3.63) is 47.8 Å². The molecule has 2 unspecified atom stereocenters. The molecule has 6 nitrogen and oxygen atoms in total. The molecule has 0 radical (unpaired) electrons. The van der Waals surface area contributed by atoms with Gasteiger partial charge in [0.15, 0.2) is 0 Å². The van der Waals surface area contributed by atoms with Crippen LogP contribution in [0.15, 0.2) is 36.7 Å². The first-order valence-electron chi connectivity index (χ1n) is 8.36. The molecule has 0 saturated carbocycles. The van der Waals surface area contributed by atoms with E-state index in [-0.39, 0.29) is 18.0 Å². The lowest BCUT2D eigenvalue weighted by Crippen LogP contribution is -2.30. The third-order valence-corrected chi connectivity index (χ3v) is 4.58. The van der Waals surface area contributed by atoms with E-state index in [0.717, 1.165) is 23.5 Å². The number of aryl methyl sites for hydroxylation is 1. The fraction of sp³-hybridized carbons (Fsp3) is 0.389. The Morgan fingerprint density at radius 3 is 2.59 bits per heavy atom. The summed E-state index contributed by atoms with van der Waals surface area (Å²) in [6.07, 6.45) is -2.08. The lowest BCUT2D eigenvalue weighted by molar-refractivity contribution is -0.142. The predicted octanol–water partition coefficient (Wildman–Crippen LogP) is 2.91. The molecule has 3 rings (SSSR count). The molecule has 9 heteroatoms. The van der Waals surface area contributed by atoms with Crippen LogP contribution in [0.4, 0.5) is 18.9 Å². The van der Waals surface area contributed by atoms with Crippen molar-refractivity contribution < 1.29 is 22.8 Å². The van der Waals surface area contributed by atoms with E-state index in [1.807, 2.05) is 31.2 Å². The van der Waals surface area contributed by atoms with E-state index in [9.17, 15) is 22.8 Å². The summed E-state index contributed by atoms with van der Waals surface area (Å²) in [6.45, 7) is 0.704. The highest BCUT2D eigenvalue weighted by atomic mass is 19.4. The summed E-state index contributed by atoms with van der Waals surface area (Å²) in [4.78, 5) is 26.4. The summed E-state index contributed by atoms with van der Waals surface area (Å²) in [5.74, 6) is -1.23. The number of alkyl halides is 3. The van der Waals surface area contributed by atoms with Gasteiger partial charge in [0.2, 0.25) is 11.8 Å². The van der Waals surface area contributed by atoms with Crippen molar-refractivity contribution in [1.82, 2.24) is 14.7 Å². The Balaban J connectivity index is 1.76. The topological polar surface area (TPSA) is 67.2 Å². The number of benzene rings is 1.